The number of amides is 1. The Hall–Kier alpha value is -3.94. The number of aromatic nitrogens is 4. The topological polar surface area (TPSA) is 93.0 Å². The summed E-state index contributed by atoms with van der Waals surface area (Å²) in [5, 5.41) is 4.65. The van der Waals surface area contributed by atoms with Crippen molar-refractivity contribution in [3.63, 3.8) is 0 Å². The summed E-state index contributed by atoms with van der Waals surface area (Å²) in [6.45, 7) is 6.49. The van der Waals surface area contributed by atoms with Gasteiger partial charge in [0.2, 0.25) is 0 Å². The molecule has 0 saturated heterocycles. The van der Waals surface area contributed by atoms with Crippen LogP contribution in [-0.2, 0) is 13.1 Å². The van der Waals surface area contributed by atoms with E-state index in [2.05, 4.69) is 10.1 Å². The largest absolute Gasteiger partial charge is 0.337 e. The molecule has 1 N–H and O–H groups in total. The predicted molar refractivity (Wildman–Crippen MR) is 123 cm³/mol. The lowest BCUT2D eigenvalue weighted by Crippen LogP contribution is -2.36. The number of aryl methyl sites for hydroxylation is 2. The average Bonchev–Trinajstić information content (AvgIpc) is 3.08. The maximum atomic E-state index is 13.1. The molecule has 0 radical (unpaired) electrons. The Kier molecular flexibility index (Phi) is 5.52. The van der Waals surface area contributed by atoms with Crippen LogP contribution >= 0.6 is 0 Å². The first-order valence-electron chi connectivity index (χ1n) is 10.4. The van der Waals surface area contributed by atoms with Gasteiger partial charge in [0.05, 0.1) is 22.4 Å². The number of aromatic amines is 1. The van der Waals surface area contributed by atoms with Crippen LogP contribution in [0.1, 0.15) is 34.2 Å². The number of benzene rings is 2. The first kappa shape index (κ1) is 21.3. The minimum absolute atomic E-state index is 0.187. The summed E-state index contributed by atoms with van der Waals surface area (Å²) in [5.74, 6) is -0.187. The van der Waals surface area contributed by atoms with Gasteiger partial charge in [0.1, 0.15) is 0 Å². The Bertz CT molecular complexity index is 1430. The van der Waals surface area contributed by atoms with Gasteiger partial charge < -0.3 is 14.5 Å². The van der Waals surface area contributed by atoms with Crippen LogP contribution in [0.5, 0.6) is 0 Å². The summed E-state index contributed by atoms with van der Waals surface area (Å²) in [6.07, 6.45) is 0. The molecule has 4 aromatic rings. The van der Waals surface area contributed by atoms with E-state index in [1.54, 1.807) is 37.1 Å². The molecule has 0 atom stereocenters. The first-order valence-corrected chi connectivity index (χ1v) is 10.4. The van der Waals surface area contributed by atoms with Crippen LogP contribution in [0.2, 0.25) is 0 Å². The molecule has 2 aromatic heterocycles. The Labute approximate surface area is 184 Å². The molecule has 8 heteroatoms. The van der Waals surface area contributed by atoms with Gasteiger partial charge in [-0.05, 0) is 51.1 Å². The van der Waals surface area contributed by atoms with Crippen molar-refractivity contribution in [2.75, 3.05) is 7.05 Å². The standard InChI is InChI=1S/C24H25N5O3/c1-5-28-21-12-11-17(13-20(21)25-22(30)24(28)32)23(31)27(4)14-19-15(2)26-29(16(19)3)18-9-7-6-8-10-18/h6-13H,5,14H2,1-4H3,(H,25,30). The van der Waals surface area contributed by atoms with Crippen molar-refractivity contribution in [2.24, 2.45) is 0 Å². The van der Waals surface area contributed by atoms with Crippen molar-refractivity contribution in [1.82, 2.24) is 24.2 Å². The van der Waals surface area contributed by atoms with E-state index in [0.29, 0.717) is 29.7 Å². The molecule has 2 aromatic carbocycles. The van der Waals surface area contributed by atoms with Crippen LogP contribution in [0, 0.1) is 13.8 Å². The smallest absolute Gasteiger partial charge is 0.316 e. The Morgan fingerprint density at radius 1 is 1.09 bits per heavy atom. The molecule has 0 bridgehead atoms. The highest BCUT2D eigenvalue weighted by Crippen LogP contribution is 2.20. The fraction of sp³-hybridized carbons (Fsp3) is 0.250. The molecule has 4 rings (SSSR count). The van der Waals surface area contributed by atoms with Crippen LogP contribution in [0.3, 0.4) is 0 Å². The SMILES string of the molecule is CCn1c(=O)c(=O)[nH]c2cc(C(=O)N(C)Cc3c(C)nn(-c4ccccc4)c3C)ccc21. The van der Waals surface area contributed by atoms with E-state index in [9.17, 15) is 14.4 Å². The molecule has 0 fully saturated rings. The Morgan fingerprint density at radius 2 is 1.81 bits per heavy atom. The van der Waals surface area contributed by atoms with Gasteiger partial charge in [0.15, 0.2) is 0 Å². The van der Waals surface area contributed by atoms with Gasteiger partial charge in [-0.3, -0.25) is 14.4 Å². The van der Waals surface area contributed by atoms with Crippen LogP contribution in [0.25, 0.3) is 16.7 Å². The summed E-state index contributed by atoms with van der Waals surface area (Å²) < 4.78 is 3.28. The third-order valence-corrected chi connectivity index (χ3v) is 5.72. The number of hydrogen-bond acceptors (Lipinski definition) is 4. The number of carbonyl (C=O) groups excluding carboxylic acids is 1. The molecule has 0 saturated carbocycles. The zero-order valence-corrected chi connectivity index (χ0v) is 18.5. The van der Waals surface area contributed by atoms with Crippen molar-refractivity contribution < 1.29 is 4.79 Å². The van der Waals surface area contributed by atoms with Gasteiger partial charge in [-0.2, -0.15) is 5.10 Å². The molecule has 0 aliphatic carbocycles. The number of carbonyl (C=O) groups is 1. The van der Waals surface area contributed by atoms with E-state index in [1.807, 2.05) is 48.9 Å². The zero-order chi connectivity index (χ0) is 23.0. The molecular formula is C24H25N5O3. The third-order valence-electron chi connectivity index (χ3n) is 5.72. The molecule has 2 heterocycles. The number of rotatable bonds is 5. The zero-order valence-electron chi connectivity index (χ0n) is 18.5. The van der Waals surface area contributed by atoms with E-state index >= 15 is 0 Å². The molecule has 164 valence electrons. The highest BCUT2D eigenvalue weighted by atomic mass is 16.2. The van der Waals surface area contributed by atoms with Crippen molar-refractivity contribution in [2.45, 2.75) is 33.9 Å². The monoisotopic (exact) mass is 431 g/mol. The quantitative estimate of drug-likeness (QED) is 0.492. The second-order valence-corrected chi connectivity index (χ2v) is 7.79. The van der Waals surface area contributed by atoms with E-state index in [0.717, 1.165) is 22.6 Å². The Balaban J connectivity index is 1.64. The average molecular weight is 431 g/mol. The fourth-order valence-electron chi connectivity index (χ4n) is 3.98. The minimum Gasteiger partial charge on any atom is -0.337 e. The van der Waals surface area contributed by atoms with Crippen LogP contribution in [-0.4, -0.2) is 37.2 Å². The maximum Gasteiger partial charge on any atom is 0.316 e. The number of para-hydroxylation sites is 1. The van der Waals surface area contributed by atoms with Gasteiger partial charge in [-0.25, -0.2) is 4.68 Å². The maximum absolute atomic E-state index is 13.1. The third kappa shape index (κ3) is 3.64. The summed E-state index contributed by atoms with van der Waals surface area (Å²) in [4.78, 5) is 41.4. The molecule has 8 nitrogen and oxygen atoms in total. The van der Waals surface area contributed by atoms with Gasteiger partial charge >= 0.3 is 11.1 Å². The first-order chi connectivity index (χ1) is 15.3. The number of nitrogens with zero attached hydrogens (tertiary/aromatic N) is 4. The summed E-state index contributed by atoms with van der Waals surface area (Å²) in [7, 11) is 1.74. The minimum atomic E-state index is -0.697. The fourth-order valence-corrected chi connectivity index (χ4v) is 3.98. The molecule has 0 unspecified atom stereocenters. The van der Waals surface area contributed by atoms with Crippen molar-refractivity contribution >= 4 is 16.9 Å². The highest BCUT2D eigenvalue weighted by Gasteiger charge is 2.19. The number of hydrogen-bond donors (Lipinski definition) is 1. The lowest BCUT2D eigenvalue weighted by atomic mass is 10.1. The van der Waals surface area contributed by atoms with Gasteiger partial charge in [-0.1, -0.05) is 18.2 Å². The van der Waals surface area contributed by atoms with Gasteiger partial charge in [0.25, 0.3) is 5.91 Å². The van der Waals surface area contributed by atoms with Crippen LogP contribution in [0.15, 0.2) is 58.1 Å². The lowest BCUT2D eigenvalue weighted by molar-refractivity contribution is 0.0785. The van der Waals surface area contributed by atoms with Gasteiger partial charge in [0, 0.05) is 37.0 Å². The van der Waals surface area contributed by atoms with Crippen LogP contribution < -0.4 is 11.1 Å². The van der Waals surface area contributed by atoms with Crippen molar-refractivity contribution in [3.05, 3.63) is 91.8 Å². The van der Waals surface area contributed by atoms with E-state index in [1.165, 1.54) is 4.57 Å². The molecule has 1 amide bonds. The highest BCUT2D eigenvalue weighted by molar-refractivity contribution is 5.97. The summed E-state index contributed by atoms with van der Waals surface area (Å²) in [5.41, 5.74) is 3.97. The number of H-pyrrole nitrogens is 1. The molecular weight excluding hydrogens is 406 g/mol. The summed E-state index contributed by atoms with van der Waals surface area (Å²) >= 11 is 0. The van der Waals surface area contributed by atoms with Crippen molar-refractivity contribution in [1.29, 1.82) is 0 Å². The van der Waals surface area contributed by atoms with Crippen LogP contribution in [0.4, 0.5) is 0 Å². The molecule has 32 heavy (non-hydrogen) atoms. The van der Waals surface area contributed by atoms with Gasteiger partial charge in [-0.15, -0.1) is 0 Å². The second-order valence-electron chi connectivity index (χ2n) is 7.79. The van der Waals surface area contributed by atoms with E-state index < -0.39 is 11.1 Å². The predicted octanol–water partition coefficient (Wildman–Crippen LogP) is 2.78. The lowest BCUT2D eigenvalue weighted by Gasteiger charge is -2.18. The Morgan fingerprint density at radius 3 is 2.50 bits per heavy atom. The van der Waals surface area contributed by atoms with E-state index in [-0.39, 0.29) is 5.91 Å². The second kappa shape index (κ2) is 8.30. The molecule has 0 aliphatic heterocycles. The number of fused-ring (bicyclic) bond motifs is 1. The normalized spacial score (nSPS) is 11.1. The molecule has 0 aliphatic rings. The molecule has 0 spiro atoms. The van der Waals surface area contributed by atoms with E-state index in [4.69, 9.17) is 0 Å². The number of nitrogens with one attached hydrogen (secondary N) is 1. The summed E-state index contributed by atoms with van der Waals surface area (Å²) in [6, 6.07) is 14.9. The van der Waals surface area contributed by atoms with Crippen molar-refractivity contribution in [3.8, 4) is 5.69 Å².